The third kappa shape index (κ3) is 2.52. The quantitative estimate of drug-likeness (QED) is 0.730. The van der Waals surface area contributed by atoms with Crippen LogP contribution in [0.3, 0.4) is 0 Å². The van der Waals surface area contributed by atoms with Crippen molar-refractivity contribution in [3.05, 3.63) is 29.3 Å². The van der Waals surface area contributed by atoms with Gasteiger partial charge in [-0.05, 0) is 30.7 Å². The lowest BCUT2D eigenvalue weighted by molar-refractivity contribution is -0.0757. The smallest absolute Gasteiger partial charge is 0.277 e. The third-order valence-corrected chi connectivity index (χ3v) is 2.49. The molecule has 0 fully saturated rings. The largest absolute Gasteiger partial charge is 0.377 e. The molecule has 0 aliphatic carbocycles. The lowest BCUT2D eigenvalue weighted by Crippen LogP contribution is -2.25. The highest BCUT2D eigenvalue weighted by Gasteiger charge is 2.12. The number of rotatable bonds is 3. The van der Waals surface area contributed by atoms with Gasteiger partial charge in [-0.25, -0.2) is 5.06 Å². The maximum absolute atomic E-state index is 11.8. The van der Waals surface area contributed by atoms with Gasteiger partial charge in [-0.3, -0.25) is 9.63 Å². The van der Waals surface area contributed by atoms with Gasteiger partial charge in [0.15, 0.2) is 0 Å². The minimum Gasteiger partial charge on any atom is -0.377 e. The van der Waals surface area contributed by atoms with E-state index in [1.807, 2.05) is 38.1 Å². The second kappa shape index (κ2) is 4.99. The summed E-state index contributed by atoms with van der Waals surface area (Å²) in [5.41, 5.74) is 2.81. The van der Waals surface area contributed by atoms with E-state index in [-0.39, 0.29) is 5.91 Å². The maximum Gasteiger partial charge on any atom is 0.277 e. The topological polar surface area (TPSA) is 32.8 Å². The number of nitrogens with zero attached hydrogens (tertiary/aromatic N) is 2. The molecule has 1 aromatic carbocycles. The minimum atomic E-state index is -0.143. The van der Waals surface area contributed by atoms with Crippen molar-refractivity contribution in [2.75, 3.05) is 33.2 Å². The zero-order valence-electron chi connectivity index (χ0n) is 10.4. The molecular formula is C12H18N2O2. The monoisotopic (exact) mass is 222 g/mol. The van der Waals surface area contributed by atoms with Crippen molar-refractivity contribution in [2.45, 2.75) is 6.92 Å². The maximum atomic E-state index is 11.8. The van der Waals surface area contributed by atoms with E-state index in [2.05, 4.69) is 0 Å². The summed E-state index contributed by atoms with van der Waals surface area (Å²) in [6.07, 6.45) is 0. The molecule has 0 aromatic heterocycles. The zero-order chi connectivity index (χ0) is 12.3. The Bertz CT molecular complexity index is 389. The molecule has 0 bridgehead atoms. The van der Waals surface area contributed by atoms with Crippen LogP contribution in [0.4, 0.5) is 5.69 Å². The Morgan fingerprint density at radius 3 is 2.31 bits per heavy atom. The van der Waals surface area contributed by atoms with Crippen molar-refractivity contribution < 1.29 is 9.63 Å². The molecule has 4 nitrogen and oxygen atoms in total. The molecule has 0 aliphatic heterocycles. The molecule has 0 N–H and O–H groups in total. The average molecular weight is 222 g/mol. The Morgan fingerprint density at radius 2 is 1.88 bits per heavy atom. The number of hydrogen-bond acceptors (Lipinski definition) is 3. The molecule has 16 heavy (non-hydrogen) atoms. The molecule has 0 aliphatic rings. The molecular weight excluding hydrogens is 204 g/mol. The normalized spacial score (nSPS) is 10.1. The lowest BCUT2D eigenvalue weighted by Gasteiger charge is -2.18. The van der Waals surface area contributed by atoms with Gasteiger partial charge in [-0.2, -0.15) is 0 Å². The van der Waals surface area contributed by atoms with Crippen molar-refractivity contribution >= 4 is 11.6 Å². The zero-order valence-corrected chi connectivity index (χ0v) is 10.4. The van der Waals surface area contributed by atoms with Gasteiger partial charge in [-0.1, -0.05) is 0 Å². The summed E-state index contributed by atoms with van der Waals surface area (Å²) < 4.78 is 0. The fourth-order valence-electron chi connectivity index (χ4n) is 1.55. The summed E-state index contributed by atoms with van der Waals surface area (Å²) in [4.78, 5) is 18.7. The average Bonchev–Trinajstić information content (AvgIpc) is 2.26. The second-order valence-corrected chi connectivity index (χ2v) is 3.88. The molecule has 0 heterocycles. The van der Waals surface area contributed by atoms with Crippen LogP contribution in [0.25, 0.3) is 0 Å². The first-order valence-electron chi connectivity index (χ1n) is 5.07. The van der Waals surface area contributed by atoms with E-state index in [4.69, 9.17) is 4.84 Å². The number of benzene rings is 1. The van der Waals surface area contributed by atoms with E-state index < -0.39 is 0 Å². The van der Waals surface area contributed by atoms with Crippen molar-refractivity contribution in [1.82, 2.24) is 5.06 Å². The molecule has 0 saturated carbocycles. The third-order valence-electron chi connectivity index (χ3n) is 2.49. The van der Waals surface area contributed by atoms with E-state index in [0.717, 1.165) is 11.3 Å². The van der Waals surface area contributed by atoms with Crippen LogP contribution in [-0.2, 0) is 4.84 Å². The van der Waals surface area contributed by atoms with Crippen LogP contribution in [-0.4, -0.2) is 39.2 Å². The summed E-state index contributed by atoms with van der Waals surface area (Å²) in [5.74, 6) is -0.143. The fraction of sp³-hybridized carbons (Fsp3) is 0.417. The van der Waals surface area contributed by atoms with Crippen LogP contribution >= 0.6 is 0 Å². The van der Waals surface area contributed by atoms with Gasteiger partial charge in [0.25, 0.3) is 5.91 Å². The first-order chi connectivity index (χ1) is 7.47. The number of hydroxylamine groups is 2. The van der Waals surface area contributed by atoms with Crippen LogP contribution in [0.1, 0.15) is 15.9 Å². The van der Waals surface area contributed by atoms with Gasteiger partial charge < -0.3 is 4.90 Å². The number of amides is 1. The Balaban J connectivity index is 3.02. The van der Waals surface area contributed by atoms with Gasteiger partial charge in [0.05, 0.1) is 7.11 Å². The lowest BCUT2D eigenvalue weighted by atomic mass is 10.1. The van der Waals surface area contributed by atoms with Crippen LogP contribution in [0, 0.1) is 6.92 Å². The molecule has 0 unspecified atom stereocenters. The van der Waals surface area contributed by atoms with Crippen LogP contribution in [0.15, 0.2) is 18.2 Å². The Hall–Kier alpha value is -1.55. The highest BCUT2D eigenvalue weighted by Crippen LogP contribution is 2.19. The highest BCUT2D eigenvalue weighted by atomic mass is 16.7. The van der Waals surface area contributed by atoms with Gasteiger partial charge in [-0.15, -0.1) is 0 Å². The summed E-state index contributed by atoms with van der Waals surface area (Å²) in [6.45, 7) is 1.99. The SMILES string of the molecule is CON(C)C(=O)c1ccc(N(C)C)c(C)c1. The number of hydrogen-bond donors (Lipinski definition) is 0. The van der Waals surface area contributed by atoms with Crippen molar-refractivity contribution in [1.29, 1.82) is 0 Å². The molecule has 88 valence electrons. The standard InChI is InChI=1S/C12H18N2O2/c1-9-8-10(12(15)14(4)16-5)6-7-11(9)13(2)3/h6-8H,1-5H3. The molecule has 4 heteroatoms. The van der Waals surface area contributed by atoms with Crippen LogP contribution < -0.4 is 4.90 Å². The summed E-state index contributed by atoms with van der Waals surface area (Å²) in [7, 11) is 7.02. The predicted octanol–water partition coefficient (Wildman–Crippen LogP) is 1.69. The molecule has 1 amide bonds. The number of carbonyl (C=O) groups is 1. The van der Waals surface area contributed by atoms with Gasteiger partial charge in [0.1, 0.15) is 0 Å². The molecule has 0 spiro atoms. The predicted molar refractivity (Wildman–Crippen MR) is 64.6 cm³/mol. The highest BCUT2D eigenvalue weighted by molar-refractivity contribution is 5.94. The Morgan fingerprint density at radius 1 is 1.25 bits per heavy atom. The summed E-state index contributed by atoms with van der Waals surface area (Å²) in [5, 5.41) is 1.21. The van der Waals surface area contributed by atoms with Gasteiger partial charge in [0, 0.05) is 32.4 Å². The van der Waals surface area contributed by atoms with E-state index in [9.17, 15) is 4.79 Å². The molecule has 1 aromatic rings. The minimum absolute atomic E-state index is 0.143. The number of aryl methyl sites for hydroxylation is 1. The number of anilines is 1. The fourth-order valence-corrected chi connectivity index (χ4v) is 1.55. The van der Waals surface area contributed by atoms with E-state index in [0.29, 0.717) is 5.56 Å². The van der Waals surface area contributed by atoms with Crippen LogP contribution in [0.5, 0.6) is 0 Å². The van der Waals surface area contributed by atoms with Crippen molar-refractivity contribution in [3.63, 3.8) is 0 Å². The molecule has 0 radical (unpaired) electrons. The molecule has 1 rings (SSSR count). The number of carbonyl (C=O) groups excluding carboxylic acids is 1. The Kier molecular flexibility index (Phi) is 3.90. The van der Waals surface area contributed by atoms with Crippen molar-refractivity contribution in [3.8, 4) is 0 Å². The summed E-state index contributed by atoms with van der Waals surface area (Å²) in [6, 6.07) is 5.61. The van der Waals surface area contributed by atoms with E-state index >= 15 is 0 Å². The molecule has 0 saturated heterocycles. The second-order valence-electron chi connectivity index (χ2n) is 3.88. The molecule has 0 atom stereocenters. The summed E-state index contributed by atoms with van der Waals surface area (Å²) >= 11 is 0. The van der Waals surface area contributed by atoms with Crippen molar-refractivity contribution in [2.24, 2.45) is 0 Å². The van der Waals surface area contributed by atoms with Gasteiger partial charge in [0.2, 0.25) is 0 Å². The Labute approximate surface area is 96.4 Å². The van der Waals surface area contributed by atoms with E-state index in [1.54, 1.807) is 13.1 Å². The first-order valence-corrected chi connectivity index (χ1v) is 5.07. The first kappa shape index (κ1) is 12.5. The van der Waals surface area contributed by atoms with E-state index in [1.165, 1.54) is 12.2 Å². The van der Waals surface area contributed by atoms with Gasteiger partial charge >= 0.3 is 0 Å². The van der Waals surface area contributed by atoms with Crippen LogP contribution in [0.2, 0.25) is 0 Å².